The SMILES string of the molecule is NCc1ccco1.O. The molecule has 1 aromatic heterocycles. The molecule has 0 aliphatic rings. The Hall–Kier alpha value is -0.800. The molecule has 8 heavy (non-hydrogen) atoms. The Morgan fingerprint density at radius 3 is 2.62 bits per heavy atom. The third-order valence-corrected chi connectivity index (χ3v) is 0.781. The van der Waals surface area contributed by atoms with Crippen LogP contribution in [-0.2, 0) is 6.54 Å². The molecule has 3 nitrogen and oxygen atoms in total. The summed E-state index contributed by atoms with van der Waals surface area (Å²) in [5.41, 5.74) is 5.20. The van der Waals surface area contributed by atoms with E-state index in [0.717, 1.165) is 5.76 Å². The zero-order chi connectivity index (χ0) is 5.11. The van der Waals surface area contributed by atoms with Gasteiger partial charge < -0.3 is 15.6 Å². The van der Waals surface area contributed by atoms with Gasteiger partial charge in [-0.3, -0.25) is 0 Å². The van der Waals surface area contributed by atoms with Crippen LogP contribution in [0.25, 0.3) is 0 Å². The van der Waals surface area contributed by atoms with Crippen LogP contribution in [0.5, 0.6) is 0 Å². The molecule has 0 aliphatic heterocycles. The fourth-order valence-electron chi connectivity index (χ4n) is 0.429. The standard InChI is InChI=1S/C5H7NO.H2O/c6-4-5-2-1-3-7-5;/h1-3H,4,6H2;1H2. The molecule has 0 atom stereocenters. The van der Waals surface area contributed by atoms with Crippen LogP contribution in [0.2, 0.25) is 0 Å². The second kappa shape index (κ2) is 3.23. The van der Waals surface area contributed by atoms with Gasteiger partial charge in [-0.1, -0.05) is 0 Å². The van der Waals surface area contributed by atoms with Crippen molar-refractivity contribution >= 4 is 0 Å². The second-order valence-electron chi connectivity index (χ2n) is 1.28. The number of furan rings is 1. The lowest BCUT2D eigenvalue weighted by Gasteiger charge is -1.80. The van der Waals surface area contributed by atoms with E-state index in [1.165, 1.54) is 0 Å². The van der Waals surface area contributed by atoms with Crippen LogP contribution in [-0.4, -0.2) is 5.48 Å². The molecule has 3 heteroatoms. The molecule has 0 radical (unpaired) electrons. The molecule has 0 spiro atoms. The Morgan fingerprint density at radius 2 is 2.38 bits per heavy atom. The van der Waals surface area contributed by atoms with E-state index in [0.29, 0.717) is 6.54 Å². The van der Waals surface area contributed by atoms with E-state index in [1.807, 2.05) is 12.1 Å². The highest BCUT2D eigenvalue weighted by molar-refractivity contribution is 4.96. The smallest absolute Gasteiger partial charge is 0.117 e. The van der Waals surface area contributed by atoms with Crippen molar-refractivity contribution in [2.45, 2.75) is 6.54 Å². The van der Waals surface area contributed by atoms with Gasteiger partial charge in [-0.05, 0) is 12.1 Å². The van der Waals surface area contributed by atoms with Crippen molar-refractivity contribution in [3.8, 4) is 0 Å². The van der Waals surface area contributed by atoms with Gasteiger partial charge >= 0.3 is 0 Å². The van der Waals surface area contributed by atoms with E-state index in [1.54, 1.807) is 6.26 Å². The van der Waals surface area contributed by atoms with Crippen LogP contribution < -0.4 is 5.73 Å². The maximum absolute atomic E-state index is 5.20. The van der Waals surface area contributed by atoms with Crippen molar-refractivity contribution in [3.05, 3.63) is 24.2 Å². The van der Waals surface area contributed by atoms with Crippen LogP contribution in [0.1, 0.15) is 5.76 Å². The van der Waals surface area contributed by atoms with Gasteiger partial charge in [-0.25, -0.2) is 0 Å². The number of hydrogen-bond donors (Lipinski definition) is 1. The van der Waals surface area contributed by atoms with Gasteiger partial charge in [0.25, 0.3) is 0 Å². The van der Waals surface area contributed by atoms with Gasteiger partial charge in [-0.2, -0.15) is 0 Å². The Morgan fingerprint density at radius 1 is 1.62 bits per heavy atom. The quantitative estimate of drug-likeness (QED) is 0.555. The van der Waals surface area contributed by atoms with Gasteiger partial charge in [0.15, 0.2) is 0 Å². The summed E-state index contributed by atoms with van der Waals surface area (Å²) < 4.78 is 4.86. The Kier molecular flexibility index (Phi) is 2.91. The Labute approximate surface area is 47.4 Å². The van der Waals surface area contributed by atoms with Crippen molar-refractivity contribution in [1.82, 2.24) is 0 Å². The normalized spacial score (nSPS) is 8.12. The molecule has 46 valence electrons. The van der Waals surface area contributed by atoms with Crippen LogP contribution in [0.4, 0.5) is 0 Å². The highest BCUT2D eigenvalue weighted by Gasteiger charge is 1.84. The van der Waals surface area contributed by atoms with Crippen molar-refractivity contribution in [3.63, 3.8) is 0 Å². The van der Waals surface area contributed by atoms with E-state index in [-0.39, 0.29) is 5.48 Å². The lowest BCUT2D eigenvalue weighted by molar-refractivity contribution is 0.512. The lowest BCUT2D eigenvalue weighted by atomic mass is 10.5. The summed E-state index contributed by atoms with van der Waals surface area (Å²) in [6, 6.07) is 3.67. The number of nitrogens with two attached hydrogens (primary N) is 1. The highest BCUT2D eigenvalue weighted by Crippen LogP contribution is 1.95. The van der Waals surface area contributed by atoms with E-state index >= 15 is 0 Å². The zero-order valence-corrected chi connectivity index (χ0v) is 4.42. The number of hydrogen-bond acceptors (Lipinski definition) is 2. The van der Waals surface area contributed by atoms with E-state index in [9.17, 15) is 0 Å². The van der Waals surface area contributed by atoms with E-state index in [2.05, 4.69) is 0 Å². The van der Waals surface area contributed by atoms with Gasteiger partial charge in [-0.15, -0.1) is 0 Å². The minimum atomic E-state index is 0. The number of rotatable bonds is 1. The summed E-state index contributed by atoms with van der Waals surface area (Å²) in [6.07, 6.45) is 1.61. The van der Waals surface area contributed by atoms with Gasteiger partial charge in [0.05, 0.1) is 12.8 Å². The fraction of sp³-hybridized carbons (Fsp3) is 0.200. The zero-order valence-electron chi connectivity index (χ0n) is 4.42. The van der Waals surface area contributed by atoms with Crippen molar-refractivity contribution in [1.29, 1.82) is 0 Å². The average molecular weight is 115 g/mol. The van der Waals surface area contributed by atoms with E-state index < -0.39 is 0 Å². The molecule has 0 saturated carbocycles. The second-order valence-corrected chi connectivity index (χ2v) is 1.28. The topological polar surface area (TPSA) is 70.7 Å². The molecular weight excluding hydrogens is 106 g/mol. The van der Waals surface area contributed by atoms with Crippen LogP contribution in [0, 0.1) is 0 Å². The summed E-state index contributed by atoms with van der Waals surface area (Å²) in [6.45, 7) is 0.493. The summed E-state index contributed by atoms with van der Waals surface area (Å²) in [5, 5.41) is 0. The first-order valence-corrected chi connectivity index (χ1v) is 2.16. The first-order chi connectivity index (χ1) is 3.43. The summed E-state index contributed by atoms with van der Waals surface area (Å²) in [4.78, 5) is 0. The molecule has 0 amide bonds. The van der Waals surface area contributed by atoms with Crippen molar-refractivity contribution in [2.75, 3.05) is 0 Å². The fourth-order valence-corrected chi connectivity index (χ4v) is 0.429. The molecule has 1 aromatic rings. The summed E-state index contributed by atoms with van der Waals surface area (Å²) in [5.74, 6) is 0.833. The predicted octanol–water partition coefficient (Wildman–Crippen LogP) is -0.0864. The van der Waals surface area contributed by atoms with Crippen LogP contribution in [0.3, 0.4) is 0 Å². The summed E-state index contributed by atoms with van der Waals surface area (Å²) >= 11 is 0. The monoisotopic (exact) mass is 115 g/mol. The highest BCUT2D eigenvalue weighted by atomic mass is 16.3. The summed E-state index contributed by atoms with van der Waals surface area (Å²) in [7, 11) is 0. The molecule has 0 aliphatic carbocycles. The van der Waals surface area contributed by atoms with Crippen molar-refractivity contribution in [2.24, 2.45) is 5.73 Å². The minimum Gasteiger partial charge on any atom is -0.468 e. The molecule has 0 saturated heterocycles. The Bertz CT molecular complexity index is 125. The van der Waals surface area contributed by atoms with Crippen molar-refractivity contribution < 1.29 is 9.89 Å². The lowest BCUT2D eigenvalue weighted by Crippen LogP contribution is -1.92. The first kappa shape index (κ1) is 7.20. The maximum atomic E-state index is 5.20. The molecule has 0 bridgehead atoms. The first-order valence-electron chi connectivity index (χ1n) is 2.16. The predicted molar refractivity (Wildman–Crippen MR) is 30.2 cm³/mol. The molecular formula is C5H9NO2. The molecule has 4 N–H and O–H groups in total. The average Bonchev–Trinajstić information content (AvgIpc) is 2.14. The maximum Gasteiger partial charge on any atom is 0.117 e. The molecule has 0 fully saturated rings. The minimum absolute atomic E-state index is 0. The largest absolute Gasteiger partial charge is 0.468 e. The molecule has 0 unspecified atom stereocenters. The van der Waals surface area contributed by atoms with Gasteiger partial charge in [0.2, 0.25) is 0 Å². The van der Waals surface area contributed by atoms with Crippen LogP contribution >= 0.6 is 0 Å². The third-order valence-electron chi connectivity index (χ3n) is 0.781. The Balaban J connectivity index is 0.000000490. The van der Waals surface area contributed by atoms with Gasteiger partial charge in [0, 0.05) is 0 Å². The molecule has 1 rings (SSSR count). The molecule has 1 heterocycles. The third kappa shape index (κ3) is 1.36. The van der Waals surface area contributed by atoms with Gasteiger partial charge in [0.1, 0.15) is 5.76 Å². The molecule has 0 aromatic carbocycles. The van der Waals surface area contributed by atoms with E-state index in [4.69, 9.17) is 10.2 Å². The van der Waals surface area contributed by atoms with Crippen LogP contribution in [0.15, 0.2) is 22.8 Å².